The standard InChI is InChI=1S/C17H13ClF4N2O4S.C7H8/c18-29(27,28)14-7-5-13(6-8-14)24(16(26)17(20,21)22)10-9-23-15(25)11-1-3-12(19)4-2-11;1-7-5-3-2-4-6-7/h1-8H,9-10H2,(H,23,25);2-6H,1H3. The van der Waals surface area contributed by atoms with E-state index in [1.165, 1.54) is 17.7 Å². The van der Waals surface area contributed by atoms with Crippen LogP contribution < -0.4 is 10.2 Å². The highest BCUT2D eigenvalue weighted by Crippen LogP contribution is 2.25. The Bertz CT molecular complexity index is 1270. The zero-order chi connectivity index (χ0) is 26.9. The number of benzene rings is 3. The Morgan fingerprint density at radius 1 is 0.917 bits per heavy atom. The van der Waals surface area contributed by atoms with Crippen molar-refractivity contribution in [1.82, 2.24) is 5.32 Å². The summed E-state index contributed by atoms with van der Waals surface area (Å²) in [5.41, 5.74) is 1.16. The maximum absolute atomic E-state index is 12.9. The topological polar surface area (TPSA) is 83.6 Å². The van der Waals surface area contributed by atoms with Crippen molar-refractivity contribution in [3.8, 4) is 0 Å². The summed E-state index contributed by atoms with van der Waals surface area (Å²) in [6.07, 6.45) is -5.20. The van der Waals surface area contributed by atoms with E-state index in [0.29, 0.717) is 4.90 Å². The Hall–Kier alpha value is -3.44. The number of hydrogen-bond acceptors (Lipinski definition) is 4. The van der Waals surface area contributed by atoms with E-state index in [-0.39, 0.29) is 22.7 Å². The number of nitrogens with zero attached hydrogens (tertiary/aromatic N) is 1. The minimum absolute atomic E-state index is 0.0803. The van der Waals surface area contributed by atoms with Crippen molar-refractivity contribution in [1.29, 1.82) is 0 Å². The SMILES string of the molecule is Cc1ccccc1.O=C(NCCN(C(=O)C(F)(F)F)c1ccc(S(=O)(=O)Cl)cc1)c1ccc(F)cc1. The number of alkyl halides is 3. The van der Waals surface area contributed by atoms with E-state index < -0.39 is 39.4 Å². The van der Waals surface area contributed by atoms with Gasteiger partial charge in [0.25, 0.3) is 15.0 Å². The lowest BCUT2D eigenvalue weighted by molar-refractivity contribution is -0.170. The van der Waals surface area contributed by atoms with E-state index >= 15 is 0 Å². The summed E-state index contributed by atoms with van der Waals surface area (Å²) in [5.74, 6) is -3.44. The molecular weight excluding hydrogens is 524 g/mol. The molecule has 192 valence electrons. The molecule has 0 atom stereocenters. The van der Waals surface area contributed by atoms with Crippen molar-refractivity contribution >= 4 is 37.2 Å². The van der Waals surface area contributed by atoms with Gasteiger partial charge >= 0.3 is 12.1 Å². The first-order valence-electron chi connectivity index (χ1n) is 10.3. The highest BCUT2D eigenvalue weighted by atomic mass is 35.7. The predicted molar refractivity (Wildman–Crippen MR) is 128 cm³/mol. The second kappa shape index (κ2) is 12.5. The van der Waals surface area contributed by atoms with Gasteiger partial charge in [-0.05, 0) is 55.5 Å². The minimum Gasteiger partial charge on any atom is -0.350 e. The lowest BCUT2D eigenvalue weighted by Crippen LogP contribution is -2.45. The fourth-order valence-corrected chi connectivity index (χ4v) is 3.58. The number of nitrogens with one attached hydrogen (secondary N) is 1. The van der Waals surface area contributed by atoms with Gasteiger partial charge in [-0.15, -0.1) is 0 Å². The molecule has 2 amide bonds. The molecule has 0 fully saturated rings. The van der Waals surface area contributed by atoms with E-state index in [2.05, 4.69) is 24.4 Å². The molecule has 3 rings (SSSR count). The molecule has 0 saturated carbocycles. The highest BCUT2D eigenvalue weighted by Gasteiger charge is 2.43. The normalized spacial score (nSPS) is 11.2. The second-order valence-electron chi connectivity index (χ2n) is 7.30. The van der Waals surface area contributed by atoms with Crippen LogP contribution >= 0.6 is 10.7 Å². The molecule has 12 heteroatoms. The highest BCUT2D eigenvalue weighted by molar-refractivity contribution is 8.13. The Balaban J connectivity index is 0.000000558. The first-order valence-corrected chi connectivity index (χ1v) is 12.6. The minimum atomic E-state index is -5.20. The summed E-state index contributed by atoms with van der Waals surface area (Å²) in [5, 5.41) is 2.32. The van der Waals surface area contributed by atoms with Crippen LogP contribution in [0.2, 0.25) is 0 Å². The Morgan fingerprint density at radius 2 is 1.47 bits per heavy atom. The summed E-state index contributed by atoms with van der Waals surface area (Å²) >= 11 is 0. The van der Waals surface area contributed by atoms with E-state index in [1.807, 2.05) is 18.2 Å². The molecule has 0 saturated heterocycles. The van der Waals surface area contributed by atoms with E-state index in [1.54, 1.807) is 0 Å². The zero-order valence-corrected chi connectivity index (χ0v) is 20.4. The zero-order valence-electron chi connectivity index (χ0n) is 18.8. The third kappa shape index (κ3) is 8.97. The molecule has 1 N–H and O–H groups in total. The number of amides is 2. The van der Waals surface area contributed by atoms with Gasteiger partial charge in [0, 0.05) is 35.0 Å². The number of rotatable bonds is 6. The quantitative estimate of drug-likeness (QED) is 0.347. The average Bonchev–Trinajstić information content (AvgIpc) is 2.82. The number of carbonyl (C=O) groups is 2. The van der Waals surface area contributed by atoms with Crippen molar-refractivity contribution in [2.24, 2.45) is 0 Å². The van der Waals surface area contributed by atoms with Crippen LogP contribution in [-0.4, -0.2) is 39.5 Å². The van der Waals surface area contributed by atoms with Gasteiger partial charge in [-0.25, -0.2) is 12.8 Å². The molecule has 36 heavy (non-hydrogen) atoms. The summed E-state index contributed by atoms with van der Waals surface area (Å²) in [4.78, 5) is 23.7. The number of hydrogen-bond donors (Lipinski definition) is 1. The van der Waals surface area contributed by atoms with E-state index in [0.717, 1.165) is 36.4 Å². The number of carbonyl (C=O) groups excluding carboxylic acids is 2. The number of aryl methyl sites for hydroxylation is 1. The average molecular weight is 545 g/mol. The lowest BCUT2D eigenvalue weighted by Gasteiger charge is -2.24. The van der Waals surface area contributed by atoms with Gasteiger partial charge in [0.05, 0.1) is 4.90 Å². The van der Waals surface area contributed by atoms with E-state index in [4.69, 9.17) is 10.7 Å². The fourth-order valence-electron chi connectivity index (χ4n) is 2.81. The molecular formula is C24H21ClF4N2O4S. The number of anilines is 1. The molecule has 0 heterocycles. The molecule has 0 aliphatic carbocycles. The smallest absolute Gasteiger partial charge is 0.350 e. The van der Waals surface area contributed by atoms with Gasteiger partial charge in [0.1, 0.15) is 5.82 Å². The van der Waals surface area contributed by atoms with Gasteiger partial charge < -0.3 is 10.2 Å². The molecule has 0 aromatic heterocycles. The van der Waals surface area contributed by atoms with Crippen molar-refractivity contribution in [2.45, 2.75) is 18.0 Å². The molecule has 0 aliphatic rings. The van der Waals surface area contributed by atoms with Crippen molar-refractivity contribution in [3.05, 3.63) is 95.8 Å². The van der Waals surface area contributed by atoms with Crippen LogP contribution in [0.25, 0.3) is 0 Å². The van der Waals surface area contributed by atoms with Crippen LogP contribution in [0, 0.1) is 12.7 Å². The third-order valence-corrected chi connectivity index (χ3v) is 5.96. The van der Waals surface area contributed by atoms with Crippen LogP contribution in [0.15, 0.2) is 83.8 Å². The molecule has 0 radical (unpaired) electrons. The Morgan fingerprint density at radius 3 is 1.92 bits per heavy atom. The van der Waals surface area contributed by atoms with Gasteiger partial charge in [-0.1, -0.05) is 35.9 Å². The summed E-state index contributed by atoms with van der Waals surface area (Å²) in [6.45, 7) is 1.17. The van der Waals surface area contributed by atoms with Crippen LogP contribution in [-0.2, 0) is 13.8 Å². The molecule has 3 aromatic carbocycles. The first kappa shape index (κ1) is 28.8. The summed E-state index contributed by atoms with van der Waals surface area (Å²) in [7, 11) is 1.06. The van der Waals surface area contributed by atoms with Gasteiger partial charge in [0.2, 0.25) is 0 Å². The molecule has 6 nitrogen and oxygen atoms in total. The second-order valence-corrected chi connectivity index (χ2v) is 9.87. The van der Waals surface area contributed by atoms with Crippen LogP contribution in [0.4, 0.5) is 23.2 Å². The Labute approximate surface area is 209 Å². The predicted octanol–water partition coefficient (Wildman–Crippen LogP) is 5.07. The molecule has 0 aliphatic heterocycles. The number of halogens is 5. The monoisotopic (exact) mass is 544 g/mol. The maximum atomic E-state index is 12.9. The van der Waals surface area contributed by atoms with Crippen molar-refractivity contribution < 1.29 is 35.6 Å². The molecule has 0 unspecified atom stereocenters. The van der Waals surface area contributed by atoms with Gasteiger partial charge in [-0.2, -0.15) is 13.2 Å². The first-order chi connectivity index (χ1) is 16.8. The fraction of sp³-hybridized carbons (Fsp3) is 0.167. The lowest BCUT2D eigenvalue weighted by atomic mass is 10.2. The van der Waals surface area contributed by atoms with Crippen LogP contribution in [0.5, 0.6) is 0 Å². The third-order valence-electron chi connectivity index (χ3n) is 4.59. The largest absolute Gasteiger partial charge is 0.471 e. The summed E-state index contributed by atoms with van der Waals surface area (Å²) in [6, 6.07) is 18.6. The van der Waals surface area contributed by atoms with Crippen LogP contribution in [0.1, 0.15) is 15.9 Å². The van der Waals surface area contributed by atoms with E-state index in [9.17, 15) is 35.6 Å². The van der Waals surface area contributed by atoms with Crippen molar-refractivity contribution in [2.75, 3.05) is 18.0 Å². The Kier molecular flexibility index (Phi) is 10.00. The van der Waals surface area contributed by atoms with Crippen molar-refractivity contribution in [3.63, 3.8) is 0 Å². The molecule has 0 spiro atoms. The molecule has 0 bridgehead atoms. The van der Waals surface area contributed by atoms with Gasteiger partial charge in [-0.3, -0.25) is 9.59 Å². The maximum Gasteiger partial charge on any atom is 0.471 e. The van der Waals surface area contributed by atoms with Crippen LogP contribution in [0.3, 0.4) is 0 Å². The molecule has 3 aromatic rings. The summed E-state index contributed by atoms with van der Waals surface area (Å²) < 4.78 is 74.1. The van der Waals surface area contributed by atoms with Gasteiger partial charge in [0.15, 0.2) is 0 Å².